The van der Waals surface area contributed by atoms with E-state index in [2.05, 4.69) is 4.98 Å². The number of anilines is 1. The minimum Gasteiger partial charge on any atom is -0.396 e. The van der Waals surface area contributed by atoms with Crippen molar-refractivity contribution in [2.45, 2.75) is 17.6 Å². The summed E-state index contributed by atoms with van der Waals surface area (Å²) in [6, 6.07) is 10.9. The van der Waals surface area contributed by atoms with Gasteiger partial charge in [0.2, 0.25) is 9.84 Å². The monoisotopic (exact) mass is 304 g/mol. The number of nitrogen functional groups attached to an aromatic ring is 1. The van der Waals surface area contributed by atoms with Gasteiger partial charge in [0.15, 0.2) is 5.03 Å². The van der Waals surface area contributed by atoms with Crippen molar-refractivity contribution in [3.63, 3.8) is 0 Å². The smallest absolute Gasteiger partial charge is 0.200 e. The number of nitrogens with zero attached hydrogens (tertiary/aromatic N) is 1. The summed E-state index contributed by atoms with van der Waals surface area (Å²) in [5.74, 6) is -0.148. The van der Waals surface area contributed by atoms with Crippen LogP contribution < -0.4 is 5.73 Å². The van der Waals surface area contributed by atoms with Crippen LogP contribution in [0.25, 0.3) is 0 Å². The Balaban J connectivity index is 1.93. The van der Waals surface area contributed by atoms with Crippen molar-refractivity contribution < 1.29 is 13.2 Å². The molecule has 1 aromatic heterocycles. The van der Waals surface area contributed by atoms with Crippen molar-refractivity contribution in [1.29, 1.82) is 0 Å². The second-order valence-electron chi connectivity index (χ2n) is 4.99. The first-order valence-corrected chi connectivity index (χ1v) is 8.36. The quantitative estimate of drug-likeness (QED) is 0.934. The fourth-order valence-corrected chi connectivity index (χ4v) is 4.04. The molecule has 0 radical (unpaired) electrons. The maximum atomic E-state index is 12.5. The average molecular weight is 304 g/mol. The molecule has 0 saturated heterocycles. The van der Waals surface area contributed by atoms with E-state index in [0.29, 0.717) is 6.61 Å². The summed E-state index contributed by atoms with van der Waals surface area (Å²) >= 11 is 0. The van der Waals surface area contributed by atoms with Crippen LogP contribution in [-0.4, -0.2) is 25.8 Å². The Morgan fingerprint density at radius 1 is 1.24 bits per heavy atom. The molecular weight excluding hydrogens is 288 g/mol. The Morgan fingerprint density at radius 2 is 2.05 bits per heavy atom. The number of sulfone groups is 1. The molecule has 0 spiro atoms. The van der Waals surface area contributed by atoms with E-state index < -0.39 is 15.9 Å². The number of rotatable bonds is 3. The van der Waals surface area contributed by atoms with Gasteiger partial charge in [-0.05, 0) is 29.7 Å². The van der Waals surface area contributed by atoms with Gasteiger partial charge in [-0.1, -0.05) is 24.3 Å². The van der Waals surface area contributed by atoms with Gasteiger partial charge in [-0.15, -0.1) is 0 Å². The van der Waals surface area contributed by atoms with Gasteiger partial charge in [0, 0.05) is 6.20 Å². The third kappa shape index (κ3) is 2.77. The van der Waals surface area contributed by atoms with E-state index in [1.165, 1.54) is 12.3 Å². The van der Waals surface area contributed by atoms with Crippen molar-refractivity contribution in [2.24, 2.45) is 0 Å². The lowest BCUT2D eigenvalue weighted by atomic mass is 9.99. The zero-order valence-electron chi connectivity index (χ0n) is 11.4. The molecule has 0 bridgehead atoms. The number of pyridine rings is 1. The van der Waals surface area contributed by atoms with Crippen LogP contribution in [0, 0.1) is 0 Å². The lowest BCUT2D eigenvalue weighted by Crippen LogP contribution is -2.24. The molecule has 0 amide bonds. The van der Waals surface area contributed by atoms with Gasteiger partial charge in [0.1, 0.15) is 0 Å². The standard InChI is InChI=1S/C15H16N2O3S/c16-13-6-3-8-17-15(13)21(18,19)10-14-12-5-2-1-4-11(12)7-9-20-14/h1-6,8,14H,7,9-10,16H2. The first-order valence-electron chi connectivity index (χ1n) is 6.70. The summed E-state index contributed by atoms with van der Waals surface area (Å²) < 4.78 is 30.7. The van der Waals surface area contributed by atoms with Crippen LogP contribution in [0.2, 0.25) is 0 Å². The zero-order chi connectivity index (χ0) is 14.9. The number of hydrogen-bond donors (Lipinski definition) is 1. The minimum atomic E-state index is -3.59. The van der Waals surface area contributed by atoms with Gasteiger partial charge >= 0.3 is 0 Å². The molecule has 0 aliphatic carbocycles. The normalized spacial score (nSPS) is 18.2. The number of benzene rings is 1. The zero-order valence-corrected chi connectivity index (χ0v) is 12.2. The molecule has 21 heavy (non-hydrogen) atoms. The number of aromatic nitrogens is 1. The van der Waals surface area contributed by atoms with Crippen LogP contribution in [0.1, 0.15) is 17.2 Å². The molecule has 1 aliphatic rings. The highest BCUT2D eigenvalue weighted by Gasteiger charge is 2.29. The van der Waals surface area contributed by atoms with Crippen LogP contribution in [-0.2, 0) is 21.0 Å². The summed E-state index contributed by atoms with van der Waals surface area (Å²) in [6.45, 7) is 0.523. The van der Waals surface area contributed by atoms with Crippen molar-refractivity contribution in [3.8, 4) is 0 Å². The molecule has 1 atom stereocenters. The van der Waals surface area contributed by atoms with E-state index in [1.807, 2.05) is 24.3 Å². The van der Waals surface area contributed by atoms with E-state index in [-0.39, 0.29) is 16.5 Å². The molecule has 110 valence electrons. The van der Waals surface area contributed by atoms with Crippen molar-refractivity contribution in [2.75, 3.05) is 18.1 Å². The van der Waals surface area contributed by atoms with Crippen LogP contribution in [0.15, 0.2) is 47.6 Å². The molecule has 1 aliphatic heterocycles. The van der Waals surface area contributed by atoms with E-state index in [0.717, 1.165) is 17.5 Å². The first kappa shape index (κ1) is 14.0. The number of ether oxygens (including phenoxy) is 1. The molecule has 0 fully saturated rings. The topological polar surface area (TPSA) is 82.3 Å². The SMILES string of the molecule is Nc1cccnc1S(=O)(=O)CC1OCCc2ccccc21. The molecule has 2 aromatic rings. The van der Waals surface area contributed by atoms with Gasteiger partial charge in [-0.3, -0.25) is 0 Å². The van der Waals surface area contributed by atoms with Crippen LogP contribution in [0.4, 0.5) is 5.69 Å². The lowest BCUT2D eigenvalue weighted by Gasteiger charge is -2.25. The van der Waals surface area contributed by atoms with E-state index in [4.69, 9.17) is 10.5 Å². The Kier molecular flexibility index (Phi) is 3.65. The lowest BCUT2D eigenvalue weighted by molar-refractivity contribution is 0.0576. The van der Waals surface area contributed by atoms with E-state index in [1.54, 1.807) is 6.07 Å². The predicted octanol–water partition coefficient (Wildman–Crippen LogP) is 1.75. The Bertz CT molecular complexity index is 759. The first-order chi connectivity index (χ1) is 10.1. The predicted molar refractivity (Wildman–Crippen MR) is 79.5 cm³/mol. The summed E-state index contributed by atoms with van der Waals surface area (Å²) in [4.78, 5) is 3.90. The summed E-state index contributed by atoms with van der Waals surface area (Å²) in [5, 5.41) is -0.0725. The van der Waals surface area contributed by atoms with Crippen molar-refractivity contribution >= 4 is 15.5 Å². The highest BCUT2D eigenvalue weighted by molar-refractivity contribution is 7.91. The Morgan fingerprint density at radius 3 is 2.86 bits per heavy atom. The molecule has 3 rings (SSSR count). The Labute approximate surface area is 123 Å². The largest absolute Gasteiger partial charge is 0.396 e. The summed E-state index contributed by atoms with van der Waals surface area (Å²) in [5.41, 5.74) is 7.96. The van der Waals surface area contributed by atoms with Gasteiger partial charge in [0.05, 0.1) is 24.2 Å². The number of nitrogens with two attached hydrogens (primary N) is 1. The highest BCUT2D eigenvalue weighted by atomic mass is 32.2. The third-order valence-electron chi connectivity index (χ3n) is 3.56. The van der Waals surface area contributed by atoms with Gasteiger partial charge in [-0.2, -0.15) is 0 Å². The maximum Gasteiger partial charge on any atom is 0.200 e. The van der Waals surface area contributed by atoms with Crippen molar-refractivity contribution in [3.05, 3.63) is 53.7 Å². The second kappa shape index (κ2) is 5.46. The average Bonchev–Trinajstić information content (AvgIpc) is 2.47. The number of fused-ring (bicyclic) bond motifs is 1. The molecule has 2 N–H and O–H groups in total. The van der Waals surface area contributed by atoms with E-state index in [9.17, 15) is 8.42 Å². The maximum absolute atomic E-state index is 12.5. The molecular formula is C15H16N2O3S. The molecule has 5 nitrogen and oxygen atoms in total. The summed E-state index contributed by atoms with van der Waals surface area (Å²) in [7, 11) is -3.59. The summed E-state index contributed by atoms with van der Waals surface area (Å²) in [6.07, 6.45) is 1.76. The van der Waals surface area contributed by atoms with Gasteiger partial charge in [0.25, 0.3) is 0 Å². The molecule has 1 aromatic carbocycles. The fourth-order valence-electron chi connectivity index (χ4n) is 2.56. The molecule has 0 saturated carbocycles. The highest BCUT2D eigenvalue weighted by Crippen LogP contribution is 2.30. The molecule has 6 heteroatoms. The number of hydrogen-bond acceptors (Lipinski definition) is 5. The third-order valence-corrected chi connectivity index (χ3v) is 5.23. The van der Waals surface area contributed by atoms with Crippen LogP contribution in [0.3, 0.4) is 0 Å². The van der Waals surface area contributed by atoms with Crippen LogP contribution in [0.5, 0.6) is 0 Å². The van der Waals surface area contributed by atoms with E-state index >= 15 is 0 Å². The van der Waals surface area contributed by atoms with Crippen LogP contribution >= 0.6 is 0 Å². The molecule has 2 heterocycles. The Hall–Kier alpha value is -1.92. The van der Waals surface area contributed by atoms with Gasteiger partial charge < -0.3 is 10.5 Å². The fraction of sp³-hybridized carbons (Fsp3) is 0.267. The second-order valence-corrected chi connectivity index (χ2v) is 6.94. The van der Waals surface area contributed by atoms with Gasteiger partial charge in [-0.25, -0.2) is 13.4 Å². The minimum absolute atomic E-state index is 0.0725. The molecule has 1 unspecified atom stereocenters. The van der Waals surface area contributed by atoms with Crippen molar-refractivity contribution in [1.82, 2.24) is 4.98 Å².